The Bertz CT molecular complexity index is 1360. The summed E-state index contributed by atoms with van der Waals surface area (Å²) in [4.78, 5) is 28.4. The second-order valence-corrected chi connectivity index (χ2v) is 13.6. The minimum Gasteiger partial charge on any atom is -0.507 e. The molecule has 2 aliphatic rings. The van der Waals surface area contributed by atoms with E-state index in [1.54, 1.807) is 0 Å². The lowest BCUT2D eigenvalue weighted by molar-refractivity contribution is 0.00333. The molecule has 7 nitrogen and oxygen atoms in total. The van der Waals surface area contributed by atoms with Gasteiger partial charge in [-0.1, -0.05) is 108 Å². The lowest BCUT2D eigenvalue weighted by atomic mass is 9.56. The molecule has 0 spiro atoms. The summed E-state index contributed by atoms with van der Waals surface area (Å²) in [5.74, 6) is -1.04. The second kappa shape index (κ2) is 17.0. The van der Waals surface area contributed by atoms with Crippen molar-refractivity contribution in [3.8, 4) is 23.0 Å². The molecule has 1 heterocycles. The van der Waals surface area contributed by atoms with Crippen LogP contribution in [0.1, 0.15) is 156 Å². The largest absolute Gasteiger partial charge is 0.507 e. The summed E-state index contributed by atoms with van der Waals surface area (Å²) in [6.07, 6.45) is 17.0. The van der Waals surface area contributed by atoms with Gasteiger partial charge in [0.15, 0.2) is 23.1 Å². The van der Waals surface area contributed by atoms with Gasteiger partial charge in [0, 0.05) is 6.42 Å². The highest BCUT2D eigenvalue weighted by atomic mass is 16.7. The van der Waals surface area contributed by atoms with Gasteiger partial charge in [0.1, 0.15) is 11.5 Å². The molecule has 4 rings (SSSR count). The van der Waals surface area contributed by atoms with E-state index in [4.69, 9.17) is 9.47 Å². The van der Waals surface area contributed by atoms with Crippen LogP contribution in [0.3, 0.4) is 0 Å². The molecular weight excluding hydrogens is 580 g/mol. The van der Waals surface area contributed by atoms with Gasteiger partial charge in [0.2, 0.25) is 6.79 Å². The van der Waals surface area contributed by atoms with Gasteiger partial charge in [0.05, 0.1) is 22.6 Å². The van der Waals surface area contributed by atoms with Gasteiger partial charge in [-0.3, -0.25) is 9.59 Å². The Morgan fingerprint density at radius 2 is 1.37 bits per heavy atom. The molecule has 2 aromatic rings. The quantitative estimate of drug-likeness (QED) is 0.0801. The number of ether oxygens (including phenoxy) is 2. The van der Waals surface area contributed by atoms with Crippen molar-refractivity contribution in [2.75, 3.05) is 6.79 Å². The van der Waals surface area contributed by atoms with Crippen molar-refractivity contribution < 1.29 is 34.4 Å². The first-order valence-corrected chi connectivity index (χ1v) is 17.5. The van der Waals surface area contributed by atoms with Gasteiger partial charge >= 0.3 is 0 Å². The van der Waals surface area contributed by atoms with Gasteiger partial charge < -0.3 is 24.8 Å². The van der Waals surface area contributed by atoms with Crippen LogP contribution in [-0.2, 0) is 0 Å². The monoisotopic (exact) mass is 634 g/mol. The number of hydrogen-bond donors (Lipinski definition) is 3. The van der Waals surface area contributed by atoms with Crippen molar-refractivity contribution in [2.24, 2.45) is 5.41 Å². The Morgan fingerprint density at radius 3 is 1.98 bits per heavy atom. The molecule has 1 aliphatic carbocycles. The Hall–Kier alpha value is -3.32. The van der Waals surface area contributed by atoms with Gasteiger partial charge in [-0.05, 0) is 62.4 Å². The summed E-state index contributed by atoms with van der Waals surface area (Å²) in [7, 11) is 0. The van der Waals surface area contributed by atoms with Crippen molar-refractivity contribution >= 4 is 11.6 Å². The fourth-order valence-corrected chi connectivity index (χ4v) is 7.32. The number of Topliss-reactive ketones (excluding diaryl/α,β-unsaturated/α-hetero) is 2. The summed E-state index contributed by atoms with van der Waals surface area (Å²) >= 11 is 0. The van der Waals surface area contributed by atoms with E-state index in [0.29, 0.717) is 17.9 Å². The SMILES string of the molecule is CCCCCCCCCCCCCCCC(c1ccc2c(c1)OCO2)C1([C@H](O)CC=C(C)C)CC(=O)c2c(O)ccc(O)c2C1=O. The standard InChI is InChI=1S/C39H54O7/c1-4-5-6-7-8-9-10-11-12-13-14-15-16-17-29(28-19-22-33-34(24-28)46-26-45-33)39(35(43)23-18-27(2)3)25-32(42)36-30(40)20-21-31(41)37(36)38(39)44/h18-22,24,29,35,40-41,43H,4-17,23,25-26H2,1-3H3/t29?,35-,39?/m1/s1. The highest BCUT2D eigenvalue weighted by molar-refractivity contribution is 6.19. The highest BCUT2D eigenvalue weighted by Crippen LogP contribution is 2.54. The van der Waals surface area contributed by atoms with E-state index in [2.05, 4.69) is 6.92 Å². The van der Waals surface area contributed by atoms with Crippen LogP contribution in [0, 0.1) is 5.41 Å². The third-order valence-electron chi connectivity index (χ3n) is 9.90. The summed E-state index contributed by atoms with van der Waals surface area (Å²) in [6, 6.07) is 8.04. The number of ketones is 2. The number of carbonyl (C=O) groups is 2. The summed E-state index contributed by atoms with van der Waals surface area (Å²) in [6.45, 7) is 6.21. The first-order valence-electron chi connectivity index (χ1n) is 17.5. The van der Waals surface area contributed by atoms with E-state index >= 15 is 0 Å². The van der Waals surface area contributed by atoms with Gasteiger partial charge in [-0.15, -0.1) is 0 Å². The summed E-state index contributed by atoms with van der Waals surface area (Å²) < 4.78 is 11.2. The number of fused-ring (bicyclic) bond motifs is 2. The Balaban J connectivity index is 1.55. The fourth-order valence-electron chi connectivity index (χ4n) is 7.32. The maximum absolute atomic E-state index is 14.7. The third kappa shape index (κ3) is 8.33. The summed E-state index contributed by atoms with van der Waals surface area (Å²) in [5, 5.41) is 33.4. The number of aliphatic hydroxyl groups is 1. The van der Waals surface area contributed by atoms with Crippen molar-refractivity contribution in [2.45, 2.75) is 136 Å². The number of phenols is 2. The topological polar surface area (TPSA) is 113 Å². The van der Waals surface area contributed by atoms with Gasteiger partial charge in [-0.25, -0.2) is 0 Å². The number of aromatic hydroxyl groups is 2. The zero-order chi connectivity index (χ0) is 33.1. The molecular formula is C39H54O7. The van der Waals surface area contributed by atoms with E-state index in [-0.39, 0.29) is 42.3 Å². The first-order chi connectivity index (χ1) is 22.2. The molecule has 0 amide bonds. The lowest BCUT2D eigenvalue weighted by Gasteiger charge is -2.45. The maximum Gasteiger partial charge on any atom is 0.231 e. The predicted molar refractivity (Wildman–Crippen MR) is 181 cm³/mol. The zero-order valence-electron chi connectivity index (χ0n) is 28.1. The van der Waals surface area contributed by atoms with Gasteiger partial charge in [0.25, 0.3) is 0 Å². The lowest BCUT2D eigenvalue weighted by Crippen LogP contribution is -2.51. The molecule has 0 radical (unpaired) electrons. The Labute approximate surface area is 275 Å². The minimum absolute atomic E-state index is 0.106. The molecule has 252 valence electrons. The van der Waals surface area contributed by atoms with E-state index in [0.717, 1.165) is 36.8 Å². The van der Waals surface area contributed by atoms with Gasteiger partial charge in [-0.2, -0.15) is 0 Å². The average molecular weight is 635 g/mol. The molecule has 0 aromatic heterocycles. The first kappa shape index (κ1) is 35.5. The molecule has 3 atom stereocenters. The van der Waals surface area contributed by atoms with E-state index < -0.39 is 29.0 Å². The molecule has 0 bridgehead atoms. The number of aliphatic hydroxyl groups excluding tert-OH is 1. The molecule has 0 fully saturated rings. The molecule has 46 heavy (non-hydrogen) atoms. The van der Waals surface area contributed by atoms with Crippen LogP contribution in [-0.4, -0.2) is 39.8 Å². The van der Waals surface area contributed by atoms with Crippen LogP contribution in [0.2, 0.25) is 0 Å². The molecule has 0 saturated heterocycles. The molecule has 2 aromatic carbocycles. The predicted octanol–water partition coefficient (Wildman–Crippen LogP) is 9.56. The van der Waals surface area contributed by atoms with Crippen LogP contribution >= 0.6 is 0 Å². The minimum atomic E-state index is -1.55. The van der Waals surface area contributed by atoms with E-state index in [1.165, 1.54) is 69.9 Å². The van der Waals surface area contributed by atoms with Crippen molar-refractivity contribution in [3.05, 3.63) is 58.7 Å². The van der Waals surface area contributed by atoms with Crippen LogP contribution in [0.4, 0.5) is 0 Å². The fraction of sp³-hybridized carbons (Fsp3) is 0.590. The van der Waals surface area contributed by atoms with Crippen LogP contribution in [0.25, 0.3) is 0 Å². The third-order valence-corrected chi connectivity index (χ3v) is 9.90. The number of rotatable bonds is 19. The molecule has 1 aliphatic heterocycles. The Morgan fingerprint density at radius 1 is 0.804 bits per heavy atom. The van der Waals surface area contributed by atoms with Crippen LogP contribution in [0.15, 0.2) is 42.0 Å². The number of benzene rings is 2. The normalized spacial score (nSPS) is 18.3. The smallest absolute Gasteiger partial charge is 0.231 e. The zero-order valence-corrected chi connectivity index (χ0v) is 28.1. The van der Waals surface area contributed by atoms with Crippen LogP contribution < -0.4 is 9.47 Å². The molecule has 3 N–H and O–H groups in total. The average Bonchev–Trinajstić information content (AvgIpc) is 3.51. The summed E-state index contributed by atoms with van der Waals surface area (Å²) in [5.41, 5.74) is -0.153. The van der Waals surface area contributed by atoms with Crippen molar-refractivity contribution in [1.29, 1.82) is 0 Å². The number of allylic oxidation sites excluding steroid dienone is 1. The van der Waals surface area contributed by atoms with Crippen LogP contribution in [0.5, 0.6) is 23.0 Å². The number of hydrogen-bond acceptors (Lipinski definition) is 7. The van der Waals surface area contributed by atoms with E-state index in [1.807, 2.05) is 38.1 Å². The van der Waals surface area contributed by atoms with Crippen molar-refractivity contribution in [1.82, 2.24) is 0 Å². The molecule has 7 heteroatoms. The van der Waals surface area contributed by atoms with Crippen molar-refractivity contribution in [3.63, 3.8) is 0 Å². The molecule has 0 saturated carbocycles. The maximum atomic E-state index is 14.7. The van der Waals surface area contributed by atoms with E-state index in [9.17, 15) is 24.9 Å². The highest BCUT2D eigenvalue weighted by Gasteiger charge is 2.56. The Kier molecular flexibility index (Phi) is 13.1. The second-order valence-electron chi connectivity index (χ2n) is 13.6. The number of phenolic OH excluding ortho intramolecular Hbond substituents is 2. The number of carbonyl (C=O) groups excluding carboxylic acids is 2. The number of unbranched alkanes of at least 4 members (excludes halogenated alkanes) is 12. The molecule has 2 unspecified atom stereocenters.